The standard InChI is InChI=1S/C22H24N2O2/c1-16(2)22(26)24-14-6-9-18-11-12-19(15-20(18)24)23-21(25)13-10-17-7-4-3-5-8-17/h3-5,7-8,10-13,15-16H,6,9,14H2,1-2H3,(H,23,25)/b13-10+. The fourth-order valence-corrected chi connectivity index (χ4v) is 3.11. The van der Waals surface area contributed by atoms with Crippen LogP contribution in [0, 0.1) is 5.92 Å². The summed E-state index contributed by atoms with van der Waals surface area (Å²) in [7, 11) is 0. The highest BCUT2D eigenvalue weighted by atomic mass is 16.2. The Balaban J connectivity index is 1.75. The summed E-state index contributed by atoms with van der Waals surface area (Å²) < 4.78 is 0. The van der Waals surface area contributed by atoms with E-state index in [4.69, 9.17) is 0 Å². The topological polar surface area (TPSA) is 49.4 Å². The molecule has 0 unspecified atom stereocenters. The zero-order valence-corrected chi connectivity index (χ0v) is 15.2. The molecule has 0 spiro atoms. The van der Waals surface area contributed by atoms with Crippen LogP contribution in [0.4, 0.5) is 11.4 Å². The van der Waals surface area contributed by atoms with Gasteiger partial charge in [0.2, 0.25) is 11.8 Å². The number of hydrogen-bond donors (Lipinski definition) is 1. The summed E-state index contributed by atoms with van der Waals surface area (Å²) in [5.41, 5.74) is 3.75. The number of aryl methyl sites for hydroxylation is 1. The van der Waals surface area contributed by atoms with Crippen molar-refractivity contribution in [1.29, 1.82) is 0 Å². The average Bonchev–Trinajstić information content (AvgIpc) is 2.66. The molecule has 0 fully saturated rings. The van der Waals surface area contributed by atoms with Gasteiger partial charge in [-0.2, -0.15) is 0 Å². The van der Waals surface area contributed by atoms with Gasteiger partial charge in [0.1, 0.15) is 0 Å². The maximum atomic E-state index is 12.5. The van der Waals surface area contributed by atoms with Gasteiger partial charge in [-0.15, -0.1) is 0 Å². The maximum absolute atomic E-state index is 12.5. The molecule has 0 saturated heterocycles. The molecule has 2 amide bonds. The van der Waals surface area contributed by atoms with E-state index in [2.05, 4.69) is 5.32 Å². The average molecular weight is 348 g/mol. The number of anilines is 2. The van der Waals surface area contributed by atoms with Crippen molar-refractivity contribution in [2.75, 3.05) is 16.8 Å². The van der Waals surface area contributed by atoms with E-state index in [1.54, 1.807) is 6.08 Å². The van der Waals surface area contributed by atoms with Crippen LogP contribution in [0.2, 0.25) is 0 Å². The lowest BCUT2D eigenvalue weighted by atomic mass is 9.99. The molecular weight excluding hydrogens is 324 g/mol. The van der Waals surface area contributed by atoms with Gasteiger partial charge in [-0.05, 0) is 42.2 Å². The first-order valence-corrected chi connectivity index (χ1v) is 9.03. The van der Waals surface area contributed by atoms with Crippen LogP contribution in [0.25, 0.3) is 6.08 Å². The Morgan fingerprint density at radius 1 is 1.12 bits per heavy atom. The molecule has 1 aliphatic rings. The van der Waals surface area contributed by atoms with Gasteiger partial charge in [0.25, 0.3) is 0 Å². The molecule has 4 nitrogen and oxygen atoms in total. The number of nitrogens with one attached hydrogen (secondary N) is 1. The van der Waals surface area contributed by atoms with Crippen molar-refractivity contribution in [1.82, 2.24) is 0 Å². The van der Waals surface area contributed by atoms with E-state index in [9.17, 15) is 9.59 Å². The van der Waals surface area contributed by atoms with Gasteiger partial charge >= 0.3 is 0 Å². The van der Waals surface area contributed by atoms with Gasteiger partial charge in [0.15, 0.2) is 0 Å². The van der Waals surface area contributed by atoms with Crippen LogP contribution in [-0.2, 0) is 16.0 Å². The molecule has 3 rings (SSSR count). The second-order valence-electron chi connectivity index (χ2n) is 6.82. The third-order valence-electron chi connectivity index (χ3n) is 4.46. The first-order chi connectivity index (χ1) is 12.5. The van der Waals surface area contributed by atoms with E-state index >= 15 is 0 Å². The number of amides is 2. The molecule has 0 bridgehead atoms. The van der Waals surface area contributed by atoms with Crippen molar-refractivity contribution in [2.45, 2.75) is 26.7 Å². The predicted molar refractivity (Wildman–Crippen MR) is 106 cm³/mol. The van der Waals surface area contributed by atoms with E-state index in [0.717, 1.165) is 36.2 Å². The Morgan fingerprint density at radius 3 is 2.62 bits per heavy atom. The minimum atomic E-state index is -0.189. The molecule has 1 heterocycles. The van der Waals surface area contributed by atoms with Crippen LogP contribution in [0.5, 0.6) is 0 Å². The maximum Gasteiger partial charge on any atom is 0.248 e. The fourth-order valence-electron chi connectivity index (χ4n) is 3.11. The Morgan fingerprint density at radius 2 is 1.88 bits per heavy atom. The number of hydrogen-bond acceptors (Lipinski definition) is 2. The van der Waals surface area contributed by atoms with Crippen LogP contribution in [-0.4, -0.2) is 18.4 Å². The smallest absolute Gasteiger partial charge is 0.248 e. The predicted octanol–water partition coefficient (Wildman–Crippen LogP) is 4.27. The molecule has 0 aromatic heterocycles. The van der Waals surface area contributed by atoms with E-state index in [1.807, 2.05) is 67.3 Å². The molecule has 0 saturated carbocycles. The van der Waals surface area contributed by atoms with E-state index < -0.39 is 0 Å². The van der Waals surface area contributed by atoms with Gasteiger partial charge < -0.3 is 10.2 Å². The number of carbonyl (C=O) groups excluding carboxylic acids is 2. The summed E-state index contributed by atoms with van der Waals surface area (Å²) in [6, 6.07) is 15.5. The summed E-state index contributed by atoms with van der Waals surface area (Å²) in [5, 5.41) is 2.89. The number of nitrogens with zero attached hydrogens (tertiary/aromatic N) is 1. The van der Waals surface area contributed by atoms with Crippen molar-refractivity contribution in [2.24, 2.45) is 5.92 Å². The highest BCUT2D eigenvalue weighted by molar-refractivity contribution is 6.03. The van der Waals surface area contributed by atoms with E-state index in [0.29, 0.717) is 5.69 Å². The third-order valence-corrected chi connectivity index (χ3v) is 4.46. The molecule has 0 atom stereocenters. The fraction of sp³-hybridized carbons (Fsp3) is 0.273. The number of rotatable bonds is 4. The van der Waals surface area contributed by atoms with Crippen LogP contribution in [0.1, 0.15) is 31.4 Å². The molecule has 2 aromatic rings. The SMILES string of the molecule is CC(C)C(=O)N1CCCc2ccc(NC(=O)/C=C/c3ccccc3)cc21. The zero-order chi connectivity index (χ0) is 18.5. The summed E-state index contributed by atoms with van der Waals surface area (Å²) >= 11 is 0. The van der Waals surface area contributed by atoms with Gasteiger partial charge in [0.05, 0.1) is 0 Å². The molecule has 4 heteroatoms. The lowest BCUT2D eigenvalue weighted by Gasteiger charge is -2.31. The Labute approximate surface area is 154 Å². The molecular formula is C22H24N2O2. The largest absolute Gasteiger partial charge is 0.322 e. The lowest BCUT2D eigenvalue weighted by Crippen LogP contribution is -2.38. The molecule has 134 valence electrons. The van der Waals surface area contributed by atoms with Gasteiger partial charge in [0, 0.05) is 29.9 Å². The van der Waals surface area contributed by atoms with Crippen molar-refractivity contribution in [3.63, 3.8) is 0 Å². The number of carbonyl (C=O) groups is 2. The van der Waals surface area contributed by atoms with E-state index in [1.165, 1.54) is 6.08 Å². The molecule has 0 aliphatic carbocycles. The second kappa shape index (κ2) is 8.00. The Hall–Kier alpha value is -2.88. The van der Waals surface area contributed by atoms with Crippen LogP contribution in [0.3, 0.4) is 0 Å². The van der Waals surface area contributed by atoms with Gasteiger partial charge in [-0.1, -0.05) is 50.2 Å². The van der Waals surface area contributed by atoms with Crippen LogP contribution >= 0.6 is 0 Å². The van der Waals surface area contributed by atoms with Crippen molar-refractivity contribution < 1.29 is 9.59 Å². The van der Waals surface area contributed by atoms with Crippen LogP contribution < -0.4 is 10.2 Å². The zero-order valence-electron chi connectivity index (χ0n) is 15.2. The number of benzene rings is 2. The quantitative estimate of drug-likeness (QED) is 0.839. The highest BCUT2D eigenvalue weighted by Crippen LogP contribution is 2.31. The van der Waals surface area contributed by atoms with Crippen molar-refractivity contribution in [3.8, 4) is 0 Å². The molecule has 1 N–H and O–H groups in total. The Bertz CT molecular complexity index is 825. The minimum Gasteiger partial charge on any atom is -0.322 e. The van der Waals surface area contributed by atoms with Crippen molar-refractivity contribution in [3.05, 3.63) is 65.7 Å². The summed E-state index contributed by atoms with van der Waals surface area (Å²) in [6.45, 7) is 4.56. The first-order valence-electron chi connectivity index (χ1n) is 9.03. The third kappa shape index (κ3) is 4.20. The minimum absolute atomic E-state index is 0.0481. The second-order valence-corrected chi connectivity index (χ2v) is 6.82. The highest BCUT2D eigenvalue weighted by Gasteiger charge is 2.24. The molecule has 26 heavy (non-hydrogen) atoms. The van der Waals surface area contributed by atoms with E-state index in [-0.39, 0.29) is 17.7 Å². The van der Waals surface area contributed by atoms with Crippen molar-refractivity contribution >= 4 is 29.3 Å². The lowest BCUT2D eigenvalue weighted by molar-refractivity contribution is -0.121. The normalized spacial score (nSPS) is 13.7. The molecule has 1 aliphatic heterocycles. The summed E-state index contributed by atoms with van der Waals surface area (Å²) in [5.74, 6) is -0.113. The van der Waals surface area contributed by atoms with Gasteiger partial charge in [-0.3, -0.25) is 9.59 Å². The van der Waals surface area contributed by atoms with Crippen LogP contribution in [0.15, 0.2) is 54.6 Å². The monoisotopic (exact) mass is 348 g/mol. The first kappa shape index (κ1) is 17.9. The Kier molecular flexibility index (Phi) is 5.52. The summed E-state index contributed by atoms with van der Waals surface area (Å²) in [6.07, 6.45) is 5.23. The number of fused-ring (bicyclic) bond motifs is 1. The van der Waals surface area contributed by atoms with Gasteiger partial charge in [-0.25, -0.2) is 0 Å². The molecule has 0 radical (unpaired) electrons. The molecule has 2 aromatic carbocycles. The summed E-state index contributed by atoms with van der Waals surface area (Å²) in [4.78, 5) is 26.5.